The average Bonchev–Trinajstić information content (AvgIpc) is 2.51. The van der Waals surface area contributed by atoms with Crippen molar-refractivity contribution in [2.75, 3.05) is 0 Å². The number of rotatable bonds is 0. The fourth-order valence-electron chi connectivity index (χ4n) is 3.62. The van der Waals surface area contributed by atoms with Crippen LogP contribution in [-0.2, 0) is 0 Å². The van der Waals surface area contributed by atoms with E-state index in [1.165, 1.54) is 6.42 Å². The Labute approximate surface area is 80.5 Å². The largest absolute Gasteiger partial charge is 0.376 e. The number of hydrogen-bond acceptors (Lipinski definition) is 1. The molecule has 0 spiro atoms. The predicted octanol–water partition coefficient (Wildman–Crippen LogP) is 2.20. The molecule has 2 fully saturated rings. The fraction of sp³-hybridized carbons (Fsp3) is 0.833. The van der Waals surface area contributed by atoms with Crippen molar-refractivity contribution in [3.63, 3.8) is 0 Å². The molecule has 3 atom stereocenters. The smallest absolute Gasteiger partial charge is 0.135 e. The SMILES string of the molecule is C#C[C@@]1(O)C(C)(C)[C@H]2CC[C@@]1(C)C2. The Morgan fingerprint density at radius 1 is 1.38 bits per heavy atom. The standard InChI is InChI=1S/C12H18O/c1-5-12(13)10(2,3)9-6-7-11(12,4)8-9/h1,9,13H,6-8H2,2-4H3/t9-,11-,12+/m0/s1. The summed E-state index contributed by atoms with van der Waals surface area (Å²) >= 11 is 0. The maximum atomic E-state index is 10.5. The van der Waals surface area contributed by atoms with E-state index < -0.39 is 5.60 Å². The molecule has 1 nitrogen and oxygen atoms in total. The summed E-state index contributed by atoms with van der Waals surface area (Å²) in [4.78, 5) is 0. The van der Waals surface area contributed by atoms with Gasteiger partial charge in [0.05, 0.1) is 0 Å². The molecule has 0 aromatic heterocycles. The number of terminal acetylenes is 1. The van der Waals surface area contributed by atoms with E-state index in [4.69, 9.17) is 6.42 Å². The van der Waals surface area contributed by atoms with Crippen LogP contribution < -0.4 is 0 Å². The van der Waals surface area contributed by atoms with Gasteiger partial charge in [-0.25, -0.2) is 0 Å². The molecule has 2 bridgehead atoms. The van der Waals surface area contributed by atoms with E-state index in [1.807, 2.05) is 0 Å². The summed E-state index contributed by atoms with van der Waals surface area (Å²) < 4.78 is 0. The summed E-state index contributed by atoms with van der Waals surface area (Å²) in [5, 5.41) is 10.5. The molecule has 0 amide bonds. The summed E-state index contributed by atoms with van der Waals surface area (Å²) in [6, 6.07) is 0. The lowest BCUT2D eigenvalue weighted by Gasteiger charge is -2.47. The minimum absolute atomic E-state index is 0.0318. The van der Waals surface area contributed by atoms with Gasteiger partial charge in [0.2, 0.25) is 0 Å². The van der Waals surface area contributed by atoms with E-state index >= 15 is 0 Å². The Bertz CT molecular complexity index is 279. The van der Waals surface area contributed by atoms with E-state index in [-0.39, 0.29) is 10.8 Å². The normalized spacial score (nSPS) is 52.1. The zero-order chi connectivity index (χ0) is 9.91. The molecule has 2 saturated carbocycles. The molecule has 2 aliphatic rings. The number of aliphatic hydroxyl groups is 1. The molecule has 0 saturated heterocycles. The second kappa shape index (κ2) is 2.12. The molecule has 1 heteroatoms. The quantitative estimate of drug-likeness (QED) is 0.564. The Hall–Kier alpha value is -0.480. The predicted molar refractivity (Wildman–Crippen MR) is 53.0 cm³/mol. The molecule has 0 radical (unpaired) electrons. The molecule has 2 aliphatic carbocycles. The minimum atomic E-state index is -0.886. The van der Waals surface area contributed by atoms with Crippen LogP contribution in [-0.4, -0.2) is 10.7 Å². The second-order valence-electron chi connectivity index (χ2n) is 5.58. The third-order valence-corrected chi connectivity index (χ3v) is 4.78. The molecule has 1 N–H and O–H groups in total. The van der Waals surface area contributed by atoms with Crippen LogP contribution in [0.3, 0.4) is 0 Å². The van der Waals surface area contributed by atoms with Crippen molar-refractivity contribution in [2.24, 2.45) is 16.7 Å². The van der Waals surface area contributed by atoms with Gasteiger partial charge in [-0.05, 0) is 25.2 Å². The Morgan fingerprint density at radius 2 is 2.00 bits per heavy atom. The second-order valence-corrected chi connectivity index (χ2v) is 5.58. The zero-order valence-corrected chi connectivity index (χ0v) is 8.72. The van der Waals surface area contributed by atoms with Gasteiger partial charge in [-0.3, -0.25) is 0 Å². The van der Waals surface area contributed by atoms with Gasteiger partial charge < -0.3 is 5.11 Å². The number of hydrogen-bond donors (Lipinski definition) is 1. The molecule has 72 valence electrons. The first-order chi connectivity index (χ1) is 5.87. The van der Waals surface area contributed by atoms with E-state index in [0.717, 1.165) is 12.8 Å². The molecular weight excluding hydrogens is 160 g/mol. The van der Waals surface area contributed by atoms with Crippen LogP contribution in [0.15, 0.2) is 0 Å². The summed E-state index contributed by atoms with van der Waals surface area (Å²) in [7, 11) is 0. The van der Waals surface area contributed by atoms with Crippen molar-refractivity contribution in [3.8, 4) is 12.3 Å². The molecule has 2 rings (SSSR count). The molecule has 0 unspecified atom stereocenters. The van der Waals surface area contributed by atoms with Gasteiger partial charge in [-0.1, -0.05) is 26.7 Å². The van der Waals surface area contributed by atoms with Crippen molar-refractivity contribution in [1.29, 1.82) is 0 Å². The first-order valence-electron chi connectivity index (χ1n) is 5.07. The first kappa shape index (κ1) is 9.09. The van der Waals surface area contributed by atoms with E-state index in [9.17, 15) is 5.11 Å². The number of fused-ring (bicyclic) bond motifs is 2. The highest BCUT2D eigenvalue weighted by atomic mass is 16.3. The summed E-state index contributed by atoms with van der Waals surface area (Å²) in [6.07, 6.45) is 8.93. The van der Waals surface area contributed by atoms with Crippen molar-refractivity contribution >= 4 is 0 Å². The van der Waals surface area contributed by atoms with Crippen LogP contribution >= 0.6 is 0 Å². The van der Waals surface area contributed by atoms with Gasteiger partial charge in [-0.15, -0.1) is 6.42 Å². The Morgan fingerprint density at radius 3 is 2.31 bits per heavy atom. The summed E-state index contributed by atoms with van der Waals surface area (Å²) in [5.74, 6) is 3.27. The molecule has 0 aromatic carbocycles. The first-order valence-corrected chi connectivity index (χ1v) is 5.07. The van der Waals surface area contributed by atoms with Gasteiger partial charge in [0.1, 0.15) is 5.60 Å². The molecular formula is C12H18O. The van der Waals surface area contributed by atoms with E-state index in [1.54, 1.807) is 0 Å². The molecule has 0 aromatic rings. The third kappa shape index (κ3) is 0.742. The monoisotopic (exact) mass is 178 g/mol. The Kier molecular flexibility index (Phi) is 1.48. The lowest BCUT2D eigenvalue weighted by molar-refractivity contribution is -0.0952. The zero-order valence-electron chi connectivity index (χ0n) is 8.72. The maximum absolute atomic E-state index is 10.5. The van der Waals surface area contributed by atoms with E-state index in [0.29, 0.717) is 5.92 Å². The molecule has 13 heavy (non-hydrogen) atoms. The van der Waals surface area contributed by atoms with Crippen molar-refractivity contribution in [1.82, 2.24) is 0 Å². The van der Waals surface area contributed by atoms with Crippen LogP contribution in [0, 0.1) is 29.1 Å². The van der Waals surface area contributed by atoms with Gasteiger partial charge in [0.25, 0.3) is 0 Å². The summed E-state index contributed by atoms with van der Waals surface area (Å²) in [5.41, 5.74) is -1.02. The lowest BCUT2D eigenvalue weighted by atomic mass is 9.61. The van der Waals surface area contributed by atoms with Gasteiger partial charge in [0, 0.05) is 10.8 Å². The third-order valence-electron chi connectivity index (χ3n) is 4.78. The topological polar surface area (TPSA) is 20.2 Å². The van der Waals surface area contributed by atoms with Gasteiger partial charge >= 0.3 is 0 Å². The lowest BCUT2D eigenvalue weighted by Crippen LogP contribution is -2.52. The minimum Gasteiger partial charge on any atom is -0.376 e. The van der Waals surface area contributed by atoms with Crippen LogP contribution in [0.1, 0.15) is 40.0 Å². The highest BCUT2D eigenvalue weighted by molar-refractivity contribution is 5.29. The highest BCUT2D eigenvalue weighted by Gasteiger charge is 2.67. The van der Waals surface area contributed by atoms with Gasteiger partial charge in [-0.2, -0.15) is 0 Å². The van der Waals surface area contributed by atoms with Gasteiger partial charge in [0.15, 0.2) is 0 Å². The van der Waals surface area contributed by atoms with E-state index in [2.05, 4.69) is 26.7 Å². The Balaban J connectivity index is 2.53. The average molecular weight is 178 g/mol. The van der Waals surface area contributed by atoms with Crippen LogP contribution in [0.25, 0.3) is 0 Å². The van der Waals surface area contributed by atoms with Crippen LogP contribution in [0.2, 0.25) is 0 Å². The van der Waals surface area contributed by atoms with Crippen molar-refractivity contribution < 1.29 is 5.11 Å². The fourth-order valence-corrected chi connectivity index (χ4v) is 3.62. The van der Waals surface area contributed by atoms with Crippen LogP contribution in [0.4, 0.5) is 0 Å². The van der Waals surface area contributed by atoms with Crippen molar-refractivity contribution in [3.05, 3.63) is 0 Å². The molecule has 0 aliphatic heterocycles. The van der Waals surface area contributed by atoms with Crippen LogP contribution in [0.5, 0.6) is 0 Å². The molecule has 0 heterocycles. The highest BCUT2D eigenvalue weighted by Crippen LogP contribution is 2.67. The maximum Gasteiger partial charge on any atom is 0.135 e. The summed E-state index contributed by atoms with van der Waals surface area (Å²) in [6.45, 7) is 6.37. The van der Waals surface area contributed by atoms with Crippen molar-refractivity contribution in [2.45, 2.75) is 45.6 Å².